The zero-order chi connectivity index (χ0) is 14.5. The summed E-state index contributed by atoms with van der Waals surface area (Å²) in [7, 11) is 0. The standard InChI is InChI=1S/C14H14ClN3O2/c1-9-3-2-4-11(17-9)8-20-13-7-10(15)5-6-12(13)14(16)18-19/h2-7,19H,8H2,1H3,(H2,16,18). The zero-order valence-electron chi connectivity index (χ0n) is 10.9. The quantitative estimate of drug-likeness (QED) is 0.393. The number of aromatic nitrogens is 1. The second-order valence-electron chi connectivity index (χ2n) is 4.18. The van der Waals surface area contributed by atoms with Crippen LogP contribution >= 0.6 is 11.6 Å². The predicted molar refractivity (Wildman–Crippen MR) is 77.3 cm³/mol. The first-order chi connectivity index (χ1) is 9.60. The molecule has 0 unspecified atom stereocenters. The van der Waals surface area contributed by atoms with Gasteiger partial charge in [-0.25, -0.2) is 0 Å². The number of hydrogen-bond acceptors (Lipinski definition) is 4. The van der Waals surface area contributed by atoms with E-state index in [2.05, 4.69) is 10.1 Å². The number of hydrogen-bond donors (Lipinski definition) is 2. The molecule has 5 nitrogen and oxygen atoms in total. The maximum absolute atomic E-state index is 8.77. The molecule has 0 amide bonds. The third-order valence-electron chi connectivity index (χ3n) is 2.65. The first kappa shape index (κ1) is 14.1. The van der Waals surface area contributed by atoms with E-state index in [0.717, 1.165) is 11.4 Å². The number of aryl methyl sites for hydroxylation is 1. The van der Waals surface area contributed by atoms with Crippen molar-refractivity contribution in [3.63, 3.8) is 0 Å². The average Bonchev–Trinajstić information content (AvgIpc) is 2.44. The molecule has 1 aromatic heterocycles. The van der Waals surface area contributed by atoms with Gasteiger partial charge in [0, 0.05) is 10.7 Å². The van der Waals surface area contributed by atoms with Crippen LogP contribution in [0.3, 0.4) is 0 Å². The van der Waals surface area contributed by atoms with Crippen molar-refractivity contribution in [3.05, 3.63) is 58.4 Å². The maximum atomic E-state index is 8.77. The van der Waals surface area contributed by atoms with Gasteiger partial charge in [0.2, 0.25) is 0 Å². The number of nitrogens with two attached hydrogens (primary N) is 1. The van der Waals surface area contributed by atoms with Crippen LogP contribution in [0.25, 0.3) is 0 Å². The molecule has 2 aromatic rings. The number of halogens is 1. The van der Waals surface area contributed by atoms with Gasteiger partial charge in [0.1, 0.15) is 12.4 Å². The predicted octanol–water partition coefficient (Wildman–Crippen LogP) is 2.72. The normalized spacial score (nSPS) is 11.4. The molecule has 0 saturated carbocycles. The molecule has 0 aliphatic carbocycles. The van der Waals surface area contributed by atoms with Crippen molar-refractivity contribution < 1.29 is 9.94 Å². The molecule has 6 heteroatoms. The molecule has 3 N–H and O–H groups in total. The van der Waals surface area contributed by atoms with Crippen LogP contribution in [0.15, 0.2) is 41.6 Å². The summed E-state index contributed by atoms with van der Waals surface area (Å²) in [5, 5.41) is 12.2. The number of rotatable bonds is 4. The van der Waals surface area contributed by atoms with E-state index in [0.29, 0.717) is 16.3 Å². The molecule has 1 heterocycles. The third kappa shape index (κ3) is 3.39. The summed E-state index contributed by atoms with van der Waals surface area (Å²) < 4.78 is 5.66. The van der Waals surface area contributed by atoms with E-state index in [1.807, 2.05) is 25.1 Å². The number of oxime groups is 1. The van der Waals surface area contributed by atoms with E-state index in [1.54, 1.807) is 18.2 Å². The highest BCUT2D eigenvalue weighted by Crippen LogP contribution is 2.24. The van der Waals surface area contributed by atoms with Gasteiger partial charge in [-0.05, 0) is 37.3 Å². The Balaban J connectivity index is 2.22. The van der Waals surface area contributed by atoms with Crippen LogP contribution in [-0.4, -0.2) is 16.0 Å². The Kier molecular flexibility index (Phi) is 4.42. The Labute approximate surface area is 121 Å². The summed E-state index contributed by atoms with van der Waals surface area (Å²) in [4.78, 5) is 4.34. The highest BCUT2D eigenvalue weighted by molar-refractivity contribution is 6.30. The molecule has 2 rings (SSSR count). The van der Waals surface area contributed by atoms with Gasteiger partial charge in [0.25, 0.3) is 0 Å². The van der Waals surface area contributed by atoms with E-state index < -0.39 is 0 Å². The van der Waals surface area contributed by atoms with Gasteiger partial charge < -0.3 is 15.7 Å². The minimum atomic E-state index is -0.0335. The van der Waals surface area contributed by atoms with Gasteiger partial charge >= 0.3 is 0 Å². The topological polar surface area (TPSA) is 80.7 Å². The molecule has 0 atom stereocenters. The van der Waals surface area contributed by atoms with Crippen LogP contribution in [0.2, 0.25) is 5.02 Å². The summed E-state index contributed by atoms with van der Waals surface area (Å²) in [5.41, 5.74) is 7.77. The Hall–Kier alpha value is -2.27. The third-order valence-corrected chi connectivity index (χ3v) is 2.88. The van der Waals surface area contributed by atoms with E-state index in [-0.39, 0.29) is 12.4 Å². The fraction of sp³-hybridized carbons (Fsp3) is 0.143. The van der Waals surface area contributed by atoms with Crippen LogP contribution in [0, 0.1) is 6.92 Å². The number of benzene rings is 1. The van der Waals surface area contributed by atoms with E-state index in [4.69, 9.17) is 27.3 Å². The van der Waals surface area contributed by atoms with Gasteiger partial charge in [-0.15, -0.1) is 0 Å². The lowest BCUT2D eigenvalue weighted by molar-refractivity contribution is 0.298. The molecule has 1 aromatic carbocycles. The SMILES string of the molecule is Cc1cccc(COc2cc(Cl)ccc2/C(N)=N/O)n1. The monoisotopic (exact) mass is 291 g/mol. The van der Waals surface area contributed by atoms with Crippen molar-refractivity contribution >= 4 is 17.4 Å². The second-order valence-corrected chi connectivity index (χ2v) is 4.62. The largest absolute Gasteiger partial charge is 0.486 e. The summed E-state index contributed by atoms with van der Waals surface area (Å²) in [6.45, 7) is 2.18. The molecule has 20 heavy (non-hydrogen) atoms. The molecule has 104 valence electrons. The minimum absolute atomic E-state index is 0.0335. The smallest absolute Gasteiger partial charge is 0.173 e. The van der Waals surface area contributed by atoms with Crippen molar-refractivity contribution in [1.29, 1.82) is 0 Å². The van der Waals surface area contributed by atoms with Gasteiger partial charge in [-0.1, -0.05) is 22.8 Å². The van der Waals surface area contributed by atoms with Crippen LogP contribution < -0.4 is 10.5 Å². The Bertz CT molecular complexity index is 644. The molecule has 0 saturated heterocycles. The summed E-state index contributed by atoms with van der Waals surface area (Å²) >= 11 is 5.93. The van der Waals surface area contributed by atoms with Crippen LogP contribution in [-0.2, 0) is 6.61 Å². The fourth-order valence-electron chi connectivity index (χ4n) is 1.71. The first-order valence-corrected chi connectivity index (χ1v) is 6.30. The average molecular weight is 292 g/mol. The Morgan fingerprint density at radius 1 is 1.40 bits per heavy atom. The Morgan fingerprint density at radius 2 is 2.20 bits per heavy atom. The molecular weight excluding hydrogens is 278 g/mol. The summed E-state index contributed by atoms with van der Waals surface area (Å²) in [5.74, 6) is 0.407. The first-order valence-electron chi connectivity index (χ1n) is 5.93. The summed E-state index contributed by atoms with van der Waals surface area (Å²) in [6.07, 6.45) is 0. The Morgan fingerprint density at radius 3 is 2.90 bits per heavy atom. The second kappa shape index (κ2) is 6.25. The molecule has 0 spiro atoms. The van der Waals surface area contributed by atoms with Crippen LogP contribution in [0.1, 0.15) is 17.0 Å². The molecule has 0 aliphatic rings. The van der Waals surface area contributed by atoms with Crippen molar-refractivity contribution in [2.45, 2.75) is 13.5 Å². The van der Waals surface area contributed by atoms with Gasteiger partial charge in [0.15, 0.2) is 5.84 Å². The lowest BCUT2D eigenvalue weighted by atomic mass is 10.2. The van der Waals surface area contributed by atoms with E-state index in [1.165, 1.54) is 0 Å². The van der Waals surface area contributed by atoms with Crippen molar-refractivity contribution in [3.8, 4) is 5.75 Å². The lowest BCUT2D eigenvalue weighted by Crippen LogP contribution is -2.15. The molecule has 0 fully saturated rings. The zero-order valence-corrected chi connectivity index (χ0v) is 11.6. The fourth-order valence-corrected chi connectivity index (χ4v) is 1.87. The highest BCUT2D eigenvalue weighted by atomic mass is 35.5. The minimum Gasteiger partial charge on any atom is -0.486 e. The van der Waals surface area contributed by atoms with Crippen molar-refractivity contribution in [1.82, 2.24) is 4.98 Å². The van der Waals surface area contributed by atoms with Gasteiger partial charge in [0.05, 0.1) is 11.3 Å². The lowest BCUT2D eigenvalue weighted by Gasteiger charge is -2.11. The van der Waals surface area contributed by atoms with Crippen LogP contribution in [0.4, 0.5) is 0 Å². The van der Waals surface area contributed by atoms with E-state index in [9.17, 15) is 0 Å². The van der Waals surface area contributed by atoms with Gasteiger partial charge in [-0.3, -0.25) is 4.98 Å². The van der Waals surface area contributed by atoms with Gasteiger partial charge in [-0.2, -0.15) is 0 Å². The van der Waals surface area contributed by atoms with Crippen molar-refractivity contribution in [2.24, 2.45) is 10.9 Å². The highest BCUT2D eigenvalue weighted by Gasteiger charge is 2.10. The number of pyridine rings is 1. The molecule has 0 radical (unpaired) electrons. The number of ether oxygens (including phenoxy) is 1. The molecular formula is C14H14ClN3O2. The molecule has 0 bridgehead atoms. The maximum Gasteiger partial charge on any atom is 0.173 e. The number of nitrogens with zero attached hydrogens (tertiary/aromatic N) is 2. The summed E-state index contributed by atoms with van der Waals surface area (Å²) in [6, 6.07) is 10.6. The van der Waals surface area contributed by atoms with E-state index >= 15 is 0 Å². The molecule has 0 aliphatic heterocycles. The van der Waals surface area contributed by atoms with Crippen LogP contribution in [0.5, 0.6) is 5.75 Å². The van der Waals surface area contributed by atoms with Crippen molar-refractivity contribution in [2.75, 3.05) is 0 Å². The number of amidine groups is 1.